The van der Waals surface area contributed by atoms with Gasteiger partial charge >= 0.3 is 0 Å². The first kappa shape index (κ1) is 60.2. The molecule has 6 N–H and O–H groups in total. The molecule has 436 valence electrons. The van der Waals surface area contributed by atoms with Gasteiger partial charge in [0.2, 0.25) is 11.8 Å². The number of thiazole rings is 1. The molecule has 9 heterocycles. The maximum absolute atomic E-state index is 13.1. The van der Waals surface area contributed by atoms with E-state index in [2.05, 4.69) is 57.1 Å². The lowest BCUT2D eigenvalue weighted by Crippen LogP contribution is -2.54. The Morgan fingerprint density at radius 3 is 2.27 bits per heavy atom. The molecule has 11 rings (SSSR count). The maximum atomic E-state index is 13.1. The number of hydrogen-bond donors (Lipinski definition) is 4. The molecule has 1 aromatic carbocycles. The van der Waals surface area contributed by atoms with Crippen molar-refractivity contribution in [2.24, 2.45) is 11.7 Å². The van der Waals surface area contributed by atoms with E-state index in [-0.39, 0.29) is 23.6 Å². The number of hydrogen-bond acceptors (Lipinski definition) is 20. The Hall–Kier alpha value is -6.92. The van der Waals surface area contributed by atoms with Gasteiger partial charge in [-0.3, -0.25) is 14.7 Å². The number of carbonyl (C=O) groups excluding carboxylic acids is 2. The second-order valence-electron chi connectivity index (χ2n) is 21.1. The van der Waals surface area contributed by atoms with Crippen LogP contribution in [-0.4, -0.2) is 159 Å². The number of pyridine rings is 2. The molecule has 0 radical (unpaired) electrons. The maximum Gasteiger partial charge on any atom is 0.257 e. The van der Waals surface area contributed by atoms with Crippen LogP contribution in [0.4, 0.5) is 26.0 Å². The Morgan fingerprint density at radius 2 is 1.64 bits per heavy atom. The predicted molar refractivity (Wildman–Crippen MR) is 306 cm³/mol. The van der Waals surface area contributed by atoms with Crippen molar-refractivity contribution >= 4 is 40.7 Å². The van der Waals surface area contributed by atoms with Crippen molar-refractivity contribution in [2.75, 3.05) is 75.6 Å². The second kappa shape index (κ2) is 28.7. The van der Waals surface area contributed by atoms with Crippen LogP contribution < -0.4 is 30.7 Å². The molecule has 0 spiro atoms. The highest BCUT2D eigenvalue weighted by Crippen LogP contribution is 2.40. The number of nitrogen functional groups attached to an aromatic ring is 1. The lowest BCUT2D eigenvalue weighted by Gasteiger charge is -2.43. The quantitative estimate of drug-likeness (QED) is 0.0629. The molecule has 1 saturated carbocycles. The van der Waals surface area contributed by atoms with E-state index in [4.69, 9.17) is 35.3 Å². The molecule has 4 aliphatic heterocycles. The number of aliphatic hydroxyl groups is 1. The van der Waals surface area contributed by atoms with Crippen LogP contribution in [0.3, 0.4) is 0 Å². The summed E-state index contributed by atoms with van der Waals surface area (Å²) in [6, 6.07) is 17.4. The number of halogens is 2. The Kier molecular flexibility index (Phi) is 21.3. The van der Waals surface area contributed by atoms with Gasteiger partial charge in [0, 0.05) is 101 Å². The summed E-state index contributed by atoms with van der Waals surface area (Å²) in [5, 5.41) is 29.7. The Labute approximate surface area is 475 Å². The molecule has 5 fully saturated rings. The molecule has 23 heteroatoms. The number of likely N-dealkylation sites (tertiary alicyclic amines) is 2. The molecule has 20 nitrogen and oxygen atoms in total. The summed E-state index contributed by atoms with van der Waals surface area (Å²) in [6.07, 6.45) is 11.7. The summed E-state index contributed by atoms with van der Waals surface area (Å²) in [5.41, 5.74) is 18.6. The van der Waals surface area contributed by atoms with Crippen LogP contribution in [0, 0.1) is 12.8 Å². The minimum Gasteiger partial charge on any atom is -0.507 e. The van der Waals surface area contributed by atoms with Gasteiger partial charge in [-0.1, -0.05) is 32.0 Å². The number of aryl methyl sites for hydroxylation is 1. The molecule has 6 aromatic rings. The third-order valence-electron chi connectivity index (χ3n) is 15.6. The number of benzene rings is 1. The number of aldehydes is 1. The van der Waals surface area contributed by atoms with Crippen molar-refractivity contribution in [3.63, 3.8) is 0 Å². The van der Waals surface area contributed by atoms with Gasteiger partial charge in [0.05, 0.1) is 51.3 Å². The summed E-state index contributed by atoms with van der Waals surface area (Å²) >= 11 is 1.47. The highest BCUT2D eigenvalue weighted by Gasteiger charge is 2.41. The Morgan fingerprint density at radius 1 is 0.889 bits per heavy atom. The molecular formula is C58H76F2N12O8S. The zero-order chi connectivity index (χ0) is 57.6. The van der Waals surface area contributed by atoms with Gasteiger partial charge in [0.1, 0.15) is 30.7 Å². The number of nitrogens with two attached hydrogens (primary N) is 2. The number of aromatic hydroxyl groups is 1. The first-order chi connectivity index (χ1) is 39.3. The Balaban J connectivity index is 0.000000164. The predicted octanol–water partition coefficient (Wildman–Crippen LogP) is 8.10. The number of ether oxygens (including phenoxy) is 3. The summed E-state index contributed by atoms with van der Waals surface area (Å²) in [6.45, 7) is 11.5. The number of para-hydroxylation sites is 1. The van der Waals surface area contributed by atoms with E-state index in [9.17, 15) is 23.5 Å². The number of aromatic nitrogens is 6. The smallest absolute Gasteiger partial charge is 0.257 e. The first-order valence-electron chi connectivity index (χ1n) is 27.8. The average molecular weight is 1140 g/mol. The number of piperidine rings is 1. The van der Waals surface area contributed by atoms with E-state index in [1.165, 1.54) is 29.6 Å². The third kappa shape index (κ3) is 15.0. The van der Waals surface area contributed by atoms with Crippen molar-refractivity contribution in [1.29, 1.82) is 0 Å². The first-order valence-corrected chi connectivity index (χ1v) is 28.7. The average Bonchev–Trinajstić information content (AvgIpc) is 4.40. The monoisotopic (exact) mass is 1140 g/mol. The van der Waals surface area contributed by atoms with Gasteiger partial charge < -0.3 is 59.9 Å². The van der Waals surface area contributed by atoms with Gasteiger partial charge in [-0.05, 0) is 112 Å². The molecule has 2 bridgehead atoms. The minimum atomic E-state index is -2.58. The van der Waals surface area contributed by atoms with Crippen LogP contribution >= 0.6 is 11.3 Å². The fourth-order valence-electron chi connectivity index (χ4n) is 11.0. The number of piperazine rings is 1. The number of anilines is 3. The van der Waals surface area contributed by atoms with Crippen LogP contribution in [-0.2, 0) is 14.3 Å². The lowest BCUT2D eigenvalue weighted by molar-refractivity contribution is -0.137. The zero-order valence-electron chi connectivity index (χ0n) is 46.7. The van der Waals surface area contributed by atoms with Crippen LogP contribution in [0.5, 0.6) is 17.5 Å². The van der Waals surface area contributed by atoms with Crippen molar-refractivity contribution in [1.82, 2.24) is 40.1 Å². The Bertz CT molecular complexity index is 2930. The number of amides is 1. The lowest BCUT2D eigenvalue weighted by atomic mass is 9.91. The number of methoxy groups -OCH3 is 1. The fraction of sp³-hybridized carbons (Fsp3) is 0.517. The molecule has 5 atom stereocenters. The van der Waals surface area contributed by atoms with Crippen LogP contribution in [0.2, 0.25) is 0 Å². The van der Waals surface area contributed by atoms with Crippen LogP contribution in [0.15, 0.2) is 83.1 Å². The SMILES string of the molecule is CO.COC1CCN(CCOc2cc(C(C(=O)N3CCC[C@H]3C=O)C(C)C)on2)CC1.Cc1ncsc1-c1ccc(C(N)C(F)F)cn1.Nc1nnc(-c2ccccc2O)cc1N1CC2CCC(C1)N2c1ccnc(OC2CCC2)c1. The molecule has 4 saturated heterocycles. The van der Waals surface area contributed by atoms with E-state index in [0.717, 1.165) is 125 Å². The zero-order valence-corrected chi connectivity index (χ0v) is 47.5. The van der Waals surface area contributed by atoms with Crippen molar-refractivity contribution in [3.05, 3.63) is 95.6 Å². The number of alkyl halides is 2. The molecule has 5 aromatic heterocycles. The highest BCUT2D eigenvalue weighted by atomic mass is 32.1. The number of aliphatic hydroxyl groups excluding tert-OH is 1. The van der Waals surface area contributed by atoms with Gasteiger partial charge in [0.25, 0.3) is 12.3 Å². The number of phenolic OH excluding ortho intramolecular Hbond substituents is 1. The molecular weight excluding hydrogens is 1060 g/mol. The topological polar surface area (TPSA) is 258 Å². The summed E-state index contributed by atoms with van der Waals surface area (Å²) in [7, 11) is 2.77. The summed E-state index contributed by atoms with van der Waals surface area (Å²) < 4.78 is 47.5. The van der Waals surface area contributed by atoms with Gasteiger partial charge in [0.15, 0.2) is 11.6 Å². The fourth-order valence-corrected chi connectivity index (χ4v) is 11.7. The van der Waals surface area contributed by atoms with Gasteiger partial charge in [-0.15, -0.1) is 21.5 Å². The summed E-state index contributed by atoms with van der Waals surface area (Å²) in [5.74, 6) is 1.72. The van der Waals surface area contributed by atoms with Crippen molar-refractivity contribution < 1.29 is 47.3 Å². The van der Waals surface area contributed by atoms with Crippen LogP contribution in [0.1, 0.15) is 101 Å². The standard InChI is InChI=1S/C25H28N6O2.C21H33N3O5.C11H11F2N3S.CH4O/c26-25-22(13-21(28-29-25)20-6-1-2-7-23(20)32)30-14-17-8-9-18(15-30)31(17)16-10-11-27-24(12-16)33-19-4-3-5-19;1-15(2)20(21(26)24-8-4-5-16(24)14-25)18-13-19(22-29-18)28-12-11-23-9-6-17(27-3)7-10-23;1-6-10(17-5-16-6)8-3-2-7(4-15-8)9(14)11(12)13;1-2/h1-2,6-7,10-13,17-19,32H,3-5,8-9,14-15H2,(H2,26,29);13-17,20H,4-12H2,1-3H3;2-5,9,11H,14H2,1H3;2H,1H3/t;16-,20?;;/m.0../s1. The van der Waals surface area contributed by atoms with Crippen molar-refractivity contribution in [2.45, 2.75) is 127 Å². The molecule has 81 heavy (non-hydrogen) atoms. The number of phenols is 1. The van der Waals surface area contributed by atoms with Gasteiger partial charge in [-0.25, -0.2) is 18.7 Å². The van der Waals surface area contributed by atoms with E-state index in [1.807, 2.05) is 45.2 Å². The van der Waals surface area contributed by atoms with E-state index >= 15 is 0 Å². The van der Waals surface area contributed by atoms with E-state index < -0.39 is 18.4 Å². The number of fused-ring (bicyclic) bond motifs is 2. The normalized spacial score (nSPS) is 19.8. The molecule has 4 unspecified atom stereocenters. The highest BCUT2D eigenvalue weighted by molar-refractivity contribution is 7.13. The van der Waals surface area contributed by atoms with Crippen LogP contribution in [0.25, 0.3) is 21.8 Å². The van der Waals surface area contributed by atoms with Crippen molar-refractivity contribution in [3.8, 4) is 39.3 Å². The molecule has 5 aliphatic rings. The van der Waals surface area contributed by atoms with Gasteiger partial charge in [-0.2, -0.15) is 0 Å². The largest absolute Gasteiger partial charge is 0.507 e. The number of carbonyl (C=O) groups is 2. The number of rotatable bonds is 17. The molecule has 1 aliphatic carbocycles. The van der Waals surface area contributed by atoms with E-state index in [0.29, 0.717) is 71.7 Å². The van der Waals surface area contributed by atoms with E-state index in [1.54, 1.807) is 47.9 Å². The second-order valence-corrected chi connectivity index (χ2v) is 22.0. The summed E-state index contributed by atoms with van der Waals surface area (Å²) in [4.78, 5) is 46.8. The number of nitrogens with zero attached hydrogens (tertiary/aromatic N) is 10. The third-order valence-corrected chi connectivity index (χ3v) is 16.5. The minimum absolute atomic E-state index is 0.0262. The molecule has 1 amide bonds.